The van der Waals surface area contributed by atoms with E-state index in [-0.39, 0.29) is 39.8 Å². The molecule has 0 aliphatic rings. The Balaban J connectivity index is 1.42. The van der Waals surface area contributed by atoms with Gasteiger partial charge in [0.1, 0.15) is 5.82 Å². The second-order valence-corrected chi connectivity index (χ2v) is 14.1. The van der Waals surface area contributed by atoms with Crippen LogP contribution in [0.5, 0.6) is 0 Å². The second-order valence-electron chi connectivity index (χ2n) is 12.1. The van der Waals surface area contributed by atoms with Gasteiger partial charge in [0.05, 0.1) is 27.7 Å². The van der Waals surface area contributed by atoms with Crippen LogP contribution in [0.4, 0.5) is 10.5 Å². The van der Waals surface area contributed by atoms with E-state index in [9.17, 15) is 22.8 Å². The Morgan fingerprint density at radius 2 is 1.64 bits per heavy atom. The lowest BCUT2D eigenvalue weighted by Gasteiger charge is -2.20. The highest BCUT2D eigenvalue weighted by atomic mass is 35.5. The summed E-state index contributed by atoms with van der Waals surface area (Å²) in [6.07, 6.45) is 2.35. The molecule has 0 aliphatic carbocycles. The van der Waals surface area contributed by atoms with E-state index < -0.39 is 15.9 Å². The van der Waals surface area contributed by atoms with Crippen molar-refractivity contribution in [1.82, 2.24) is 24.4 Å². The molecule has 0 atom stereocenters. The lowest BCUT2D eigenvalue weighted by molar-refractivity contribution is 0.0981. The summed E-state index contributed by atoms with van der Waals surface area (Å²) < 4.78 is 31.9. The van der Waals surface area contributed by atoms with Gasteiger partial charge in [0.15, 0.2) is 0 Å². The number of amides is 3. The Hall–Kier alpha value is -5.20. The first-order valence-corrected chi connectivity index (χ1v) is 18.1. The van der Waals surface area contributed by atoms with E-state index in [1.165, 1.54) is 27.8 Å². The summed E-state index contributed by atoms with van der Waals surface area (Å²) in [6, 6.07) is 26.6. The van der Waals surface area contributed by atoms with Crippen LogP contribution < -0.4 is 20.6 Å². The van der Waals surface area contributed by atoms with Gasteiger partial charge in [0.2, 0.25) is 0 Å². The molecule has 0 unspecified atom stereocenters. The van der Waals surface area contributed by atoms with E-state index in [1.807, 2.05) is 26.0 Å². The molecule has 4 aromatic carbocycles. The van der Waals surface area contributed by atoms with Crippen molar-refractivity contribution in [2.24, 2.45) is 0 Å². The van der Waals surface area contributed by atoms with Gasteiger partial charge in [-0.05, 0) is 67.8 Å². The minimum Gasteiger partial charge on any atom is -0.336 e. The summed E-state index contributed by atoms with van der Waals surface area (Å²) in [7, 11) is -2.60. The predicted octanol–water partition coefficient (Wildman–Crippen LogP) is 6.42. The number of nitrogens with zero attached hydrogens (tertiary/aromatic N) is 4. The lowest BCUT2D eigenvalue weighted by Crippen LogP contribution is -2.40. The van der Waals surface area contributed by atoms with E-state index in [2.05, 4.69) is 17.0 Å². The largest absolute Gasteiger partial charge is 0.351 e. The summed E-state index contributed by atoms with van der Waals surface area (Å²) >= 11 is 6.12. The van der Waals surface area contributed by atoms with Crippen LogP contribution in [-0.2, 0) is 23.0 Å². The first-order chi connectivity index (χ1) is 23.9. The van der Waals surface area contributed by atoms with Crippen molar-refractivity contribution in [3.05, 3.63) is 130 Å². The standard InChI is InChI=1S/C37H39ClN6O5S/c1-5-6-18-34-40-44(29-13-11-12-28(23-29)42(4)36(46)39-25(2)3)37(47)43(34)24-26-19-21-27(22-20-26)30-14-8-10-17-33(30)50(48,49)41-35(45)31-15-7-9-16-32(31)38/h7-17,19-23,25H,5-6,18,24H2,1-4H3,(H,39,46)(H,41,45). The lowest BCUT2D eigenvalue weighted by atomic mass is 10.0. The van der Waals surface area contributed by atoms with Crippen LogP contribution in [0.3, 0.4) is 0 Å². The molecule has 13 heteroatoms. The number of unbranched alkanes of at least 4 members (excludes halogenated alkanes) is 1. The summed E-state index contributed by atoms with van der Waals surface area (Å²) in [5.41, 5.74) is 2.68. The molecule has 0 bridgehead atoms. The Morgan fingerprint density at radius 3 is 2.34 bits per heavy atom. The highest BCUT2D eigenvalue weighted by molar-refractivity contribution is 7.90. The molecule has 0 saturated carbocycles. The van der Waals surface area contributed by atoms with Crippen molar-refractivity contribution in [3.8, 4) is 16.8 Å². The molecule has 5 aromatic rings. The maximum atomic E-state index is 13.8. The van der Waals surface area contributed by atoms with Crippen molar-refractivity contribution in [2.45, 2.75) is 57.5 Å². The quantitative estimate of drug-likeness (QED) is 0.153. The number of sulfonamides is 1. The number of hydrogen-bond donors (Lipinski definition) is 2. The summed E-state index contributed by atoms with van der Waals surface area (Å²) in [5.74, 6) is -0.205. The fourth-order valence-electron chi connectivity index (χ4n) is 5.37. The molecule has 0 spiro atoms. The first kappa shape index (κ1) is 36.1. The Morgan fingerprint density at radius 1 is 0.940 bits per heavy atom. The number of carbonyl (C=O) groups excluding carboxylic acids is 2. The smallest absolute Gasteiger partial charge is 0.336 e. The third kappa shape index (κ3) is 8.15. The zero-order valence-electron chi connectivity index (χ0n) is 28.3. The summed E-state index contributed by atoms with van der Waals surface area (Å²) in [4.78, 5) is 40.7. The maximum Gasteiger partial charge on any atom is 0.351 e. The molecule has 1 heterocycles. The number of urea groups is 1. The number of carbonyl (C=O) groups is 2. The Labute approximate surface area is 296 Å². The molecule has 3 amide bonds. The predicted molar refractivity (Wildman–Crippen MR) is 196 cm³/mol. The van der Waals surface area contributed by atoms with Crippen LogP contribution in [0.2, 0.25) is 5.02 Å². The van der Waals surface area contributed by atoms with Crippen LogP contribution in [0.15, 0.2) is 107 Å². The molecule has 0 radical (unpaired) electrons. The zero-order valence-corrected chi connectivity index (χ0v) is 29.8. The van der Waals surface area contributed by atoms with Crippen molar-refractivity contribution in [1.29, 1.82) is 0 Å². The maximum absolute atomic E-state index is 13.8. The molecule has 0 fully saturated rings. The van der Waals surface area contributed by atoms with Gasteiger partial charge in [-0.2, -0.15) is 4.68 Å². The number of halogens is 1. The number of aromatic nitrogens is 3. The van der Waals surface area contributed by atoms with E-state index in [0.29, 0.717) is 34.7 Å². The second kappa shape index (κ2) is 15.6. The molecule has 11 nitrogen and oxygen atoms in total. The number of nitrogens with one attached hydrogen (secondary N) is 2. The average molecular weight is 715 g/mol. The third-order valence-electron chi connectivity index (χ3n) is 8.00. The van der Waals surface area contributed by atoms with Gasteiger partial charge >= 0.3 is 11.7 Å². The van der Waals surface area contributed by atoms with Crippen molar-refractivity contribution >= 4 is 39.2 Å². The normalized spacial score (nSPS) is 11.4. The molecule has 0 saturated heterocycles. The fraction of sp³-hybridized carbons (Fsp3) is 0.243. The zero-order chi connectivity index (χ0) is 36.0. The van der Waals surface area contributed by atoms with E-state index in [4.69, 9.17) is 16.7 Å². The van der Waals surface area contributed by atoms with Crippen molar-refractivity contribution in [2.75, 3.05) is 11.9 Å². The number of rotatable bonds is 12. The molecular formula is C37H39ClN6O5S. The minimum absolute atomic E-state index is 0.0305. The van der Waals surface area contributed by atoms with Gasteiger partial charge in [-0.3, -0.25) is 14.3 Å². The van der Waals surface area contributed by atoms with Crippen LogP contribution in [-0.4, -0.2) is 47.8 Å². The van der Waals surface area contributed by atoms with Crippen molar-refractivity contribution < 1.29 is 18.0 Å². The fourth-order valence-corrected chi connectivity index (χ4v) is 6.79. The number of aryl methyl sites for hydroxylation is 1. The third-order valence-corrected chi connectivity index (χ3v) is 9.72. The molecule has 50 heavy (non-hydrogen) atoms. The summed E-state index contributed by atoms with van der Waals surface area (Å²) in [6.45, 7) is 6.08. The molecule has 0 aliphatic heterocycles. The van der Waals surface area contributed by atoms with Gasteiger partial charge in [0, 0.05) is 30.8 Å². The number of anilines is 1. The topological polar surface area (TPSA) is 135 Å². The molecule has 1 aromatic heterocycles. The van der Waals surface area contributed by atoms with Crippen LogP contribution in [0.1, 0.15) is 55.4 Å². The Bertz CT molecular complexity index is 2180. The first-order valence-electron chi connectivity index (χ1n) is 16.2. The van der Waals surface area contributed by atoms with Crippen LogP contribution >= 0.6 is 11.6 Å². The van der Waals surface area contributed by atoms with Crippen LogP contribution in [0.25, 0.3) is 16.8 Å². The number of hydrogen-bond acceptors (Lipinski definition) is 6. The molecule has 5 rings (SSSR count). The summed E-state index contributed by atoms with van der Waals surface area (Å²) in [5, 5.41) is 7.70. The molecule has 260 valence electrons. The Kier molecular flexibility index (Phi) is 11.2. The van der Waals surface area contributed by atoms with E-state index >= 15 is 0 Å². The highest BCUT2D eigenvalue weighted by Gasteiger charge is 2.24. The SMILES string of the molecule is CCCCc1nn(-c2cccc(N(C)C(=O)NC(C)C)c2)c(=O)n1Cc1ccc(-c2ccccc2S(=O)(=O)NC(=O)c2ccccc2Cl)cc1. The monoisotopic (exact) mass is 714 g/mol. The van der Waals surface area contributed by atoms with E-state index in [0.717, 1.165) is 18.4 Å². The highest BCUT2D eigenvalue weighted by Crippen LogP contribution is 2.28. The van der Waals surface area contributed by atoms with Gasteiger partial charge in [-0.15, -0.1) is 5.10 Å². The average Bonchev–Trinajstić information content (AvgIpc) is 3.41. The van der Waals surface area contributed by atoms with Gasteiger partial charge in [0.25, 0.3) is 15.9 Å². The van der Waals surface area contributed by atoms with Gasteiger partial charge in [-0.25, -0.2) is 22.7 Å². The van der Waals surface area contributed by atoms with Gasteiger partial charge in [-0.1, -0.05) is 85.6 Å². The number of benzene rings is 4. The van der Waals surface area contributed by atoms with Gasteiger partial charge < -0.3 is 5.32 Å². The van der Waals surface area contributed by atoms with Crippen molar-refractivity contribution in [3.63, 3.8) is 0 Å². The molecule has 2 N–H and O–H groups in total. The van der Waals surface area contributed by atoms with E-state index in [1.54, 1.807) is 78.3 Å². The minimum atomic E-state index is -4.26. The van der Waals surface area contributed by atoms with Crippen LogP contribution in [0, 0.1) is 0 Å². The molecular weight excluding hydrogens is 676 g/mol.